The molecule has 9 heavy (non-hydrogen) atoms. The van der Waals surface area contributed by atoms with Gasteiger partial charge in [-0.1, -0.05) is 0 Å². The van der Waals surface area contributed by atoms with Crippen LogP contribution in [0.25, 0.3) is 0 Å². The van der Waals surface area contributed by atoms with Gasteiger partial charge in [-0.15, -0.1) is 0 Å². The standard InChI is InChI=1S/C3H6F4NP/c1-8(2)9(7)3(4,5)6/h1-2H3. The van der Waals surface area contributed by atoms with E-state index in [2.05, 4.69) is 0 Å². The molecule has 0 N–H and O–H groups in total. The summed E-state index contributed by atoms with van der Waals surface area (Å²) >= 11 is 0. The largest absolute Gasteiger partial charge is 0.450 e. The molecule has 0 radical (unpaired) electrons. The highest BCUT2D eigenvalue weighted by molar-refractivity contribution is 7.50. The highest BCUT2D eigenvalue weighted by Gasteiger charge is 2.43. The van der Waals surface area contributed by atoms with Crippen LogP contribution in [0.1, 0.15) is 0 Å². The van der Waals surface area contributed by atoms with Crippen molar-refractivity contribution in [2.45, 2.75) is 5.92 Å². The van der Waals surface area contributed by atoms with Gasteiger partial charge in [0.05, 0.1) is 0 Å². The minimum absolute atomic E-state index is 0.523. The average molecular weight is 163 g/mol. The lowest BCUT2D eigenvalue weighted by Crippen LogP contribution is -2.13. The SMILES string of the molecule is CN(C)P(F)C(F)(F)F. The molecule has 6 heteroatoms. The molecule has 0 aliphatic carbocycles. The van der Waals surface area contributed by atoms with E-state index in [0.717, 1.165) is 14.1 Å². The smallest absolute Gasteiger partial charge is 0.255 e. The van der Waals surface area contributed by atoms with E-state index in [1.165, 1.54) is 0 Å². The number of halogens is 4. The van der Waals surface area contributed by atoms with Gasteiger partial charge in [0.25, 0.3) is 8.38 Å². The van der Waals surface area contributed by atoms with Gasteiger partial charge in [0, 0.05) is 0 Å². The lowest BCUT2D eigenvalue weighted by atomic mass is 11.3. The van der Waals surface area contributed by atoms with Crippen LogP contribution in [0, 0.1) is 0 Å². The summed E-state index contributed by atoms with van der Waals surface area (Å²) in [4.78, 5) is 0. The van der Waals surface area contributed by atoms with Crippen LogP contribution in [0.2, 0.25) is 0 Å². The predicted octanol–water partition coefficient (Wildman–Crippen LogP) is 2.35. The van der Waals surface area contributed by atoms with Crippen LogP contribution in [0.3, 0.4) is 0 Å². The number of hydrogen-bond acceptors (Lipinski definition) is 1. The Kier molecular flexibility index (Phi) is 2.83. The summed E-state index contributed by atoms with van der Waals surface area (Å²) in [5, 5.41) is 0. The number of rotatable bonds is 1. The van der Waals surface area contributed by atoms with Crippen LogP contribution < -0.4 is 0 Å². The Balaban J connectivity index is 3.88. The lowest BCUT2D eigenvalue weighted by Gasteiger charge is -2.16. The Hall–Kier alpha value is 0.110. The van der Waals surface area contributed by atoms with E-state index in [9.17, 15) is 17.4 Å². The fraction of sp³-hybridized carbons (Fsp3) is 1.00. The summed E-state index contributed by atoms with van der Waals surface area (Å²) in [6, 6.07) is 0. The van der Waals surface area contributed by atoms with E-state index in [4.69, 9.17) is 0 Å². The van der Waals surface area contributed by atoms with E-state index in [1.807, 2.05) is 0 Å². The van der Waals surface area contributed by atoms with Crippen LogP contribution in [-0.4, -0.2) is 24.7 Å². The Labute approximate surface area is 51.6 Å². The molecular formula is C3H6F4NP. The van der Waals surface area contributed by atoms with Crippen LogP contribution >= 0.6 is 8.38 Å². The van der Waals surface area contributed by atoms with Crippen molar-refractivity contribution in [1.82, 2.24) is 4.67 Å². The fourth-order valence-corrected chi connectivity index (χ4v) is 0.680. The van der Waals surface area contributed by atoms with Gasteiger partial charge in [-0.2, -0.15) is 17.4 Å². The van der Waals surface area contributed by atoms with Crippen molar-refractivity contribution in [3.05, 3.63) is 0 Å². The summed E-state index contributed by atoms with van der Waals surface area (Å²) in [7, 11) is -1.34. The van der Waals surface area contributed by atoms with E-state index < -0.39 is 14.3 Å². The molecule has 1 atom stereocenters. The summed E-state index contributed by atoms with van der Waals surface area (Å²) in [5.74, 6) is -4.70. The van der Waals surface area contributed by atoms with Crippen LogP contribution in [0.4, 0.5) is 17.4 Å². The molecule has 0 aromatic rings. The molecule has 0 bridgehead atoms. The van der Waals surface area contributed by atoms with Crippen LogP contribution in [-0.2, 0) is 0 Å². The zero-order valence-electron chi connectivity index (χ0n) is 4.91. The zero-order chi connectivity index (χ0) is 7.65. The second-order valence-corrected chi connectivity index (χ2v) is 3.40. The number of nitrogens with zero attached hydrogens (tertiary/aromatic N) is 1. The number of alkyl halides is 3. The van der Waals surface area contributed by atoms with Gasteiger partial charge in [0.1, 0.15) is 0 Å². The molecule has 1 unspecified atom stereocenters. The Morgan fingerprint density at radius 2 is 1.56 bits per heavy atom. The van der Waals surface area contributed by atoms with Crippen molar-refractivity contribution in [1.29, 1.82) is 0 Å². The molecule has 0 fully saturated rings. The Morgan fingerprint density at radius 1 is 1.22 bits per heavy atom. The first kappa shape index (κ1) is 9.11. The fourth-order valence-electron chi connectivity index (χ4n) is 0.227. The molecule has 0 saturated carbocycles. The molecule has 1 nitrogen and oxygen atoms in total. The summed E-state index contributed by atoms with van der Waals surface area (Å²) in [6.07, 6.45) is 0. The third-order valence-electron chi connectivity index (χ3n) is 0.560. The third kappa shape index (κ3) is 2.96. The Bertz CT molecular complexity index is 90.3. The first-order valence-corrected chi connectivity index (χ1v) is 3.24. The molecule has 0 aromatic heterocycles. The zero-order valence-corrected chi connectivity index (χ0v) is 5.80. The molecule has 0 aliphatic heterocycles. The van der Waals surface area contributed by atoms with Gasteiger partial charge in [0.15, 0.2) is 0 Å². The third-order valence-corrected chi connectivity index (χ3v) is 1.68. The first-order valence-electron chi connectivity index (χ1n) is 2.05. The van der Waals surface area contributed by atoms with Crippen LogP contribution in [0.15, 0.2) is 0 Å². The second kappa shape index (κ2) is 2.80. The van der Waals surface area contributed by atoms with Crippen molar-refractivity contribution >= 4 is 8.38 Å². The van der Waals surface area contributed by atoms with E-state index in [-0.39, 0.29) is 0 Å². The second-order valence-electron chi connectivity index (χ2n) is 1.58. The maximum atomic E-state index is 11.9. The topological polar surface area (TPSA) is 3.24 Å². The summed E-state index contributed by atoms with van der Waals surface area (Å²) < 4.78 is 46.4. The van der Waals surface area contributed by atoms with Crippen molar-refractivity contribution in [2.75, 3.05) is 14.1 Å². The maximum absolute atomic E-state index is 11.9. The summed E-state index contributed by atoms with van der Waals surface area (Å²) in [5.41, 5.74) is 0. The molecule has 0 spiro atoms. The van der Waals surface area contributed by atoms with Crippen molar-refractivity contribution in [3.8, 4) is 0 Å². The normalized spacial score (nSPS) is 16.3. The first-order chi connectivity index (χ1) is 3.85. The average Bonchev–Trinajstić information content (AvgIpc) is 1.62. The van der Waals surface area contributed by atoms with Gasteiger partial charge in [-0.05, 0) is 14.1 Å². The molecule has 0 rings (SSSR count). The quantitative estimate of drug-likeness (QED) is 0.423. The van der Waals surface area contributed by atoms with Crippen molar-refractivity contribution < 1.29 is 17.4 Å². The monoisotopic (exact) mass is 163 g/mol. The van der Waals surface area contributed by atoms with Gasteiger partial charge in [-0.25, -0.2) is 0 Å². The van der Waals surface area contributed by atoms with Gasteiger partial charge < -0.3 is 0 Å². The van der Waals surface area contributed by atoms with Crippen LogP contribution in [0.5, 0.6) is 0 Å². The molecular weight excluding hydrogens is 157 g/mol. The van der Waals surface area contributed by atoms with Gasteiger partial charge in [0.2, 0.25) is 0 Å². The van der Waals surface area contributed by atoms with Gasteiger partial charge in [-0.3, -0.25) is 4.67 Å². The summed E-state index contributed by atoms with van der Waals surface area (Å²) in [6.45, 7) is 0. The maximum Gasteiger partial charge on any atom is 0.450 e. The van der Waals surface area contributed by atoms with Gasteiger partial charge >= 0.3 is 5.92 Å². The minimum atomic E-state index is -4.70. The lowest BCUT2D eigenvalue weighted by molar-refractivity contribution is -0.0485. The Morgan fingerprint density at radius 3 is 1.56 bits per heavy atom. The molecule has 0 saturated heterocycles. The van der Waals surface area contributed by atoms with Crippen molar-refractivity contribution in [3.63, 3.8) is 0 Å². The van der Waals surface area contributed by atoms with Crippen molar-refractivity contribution in [2.24, 2.45) is 0 Å². The molecule has 0 amide bonds. The molecule has 0 heterocycles. The molecule has 0 aliphatic rings. The highest BCUT2D eigenvalue weighted by atomic mass is 31.2. The highest BCUT2D eigenvalue weighted by Crippen LogP contribution is 2.55. The number of hydrogen-bond donors (Lipinski definition) is 0. The minimum Gasteiger partial charge on any atom is -0.255 e. The molecule has 0 aromatic carbocycles. The predicted molar refractivity (Wildman–Crippen MR) is 27.8 cm³/mol. The van der Waals surface area contributed by atoms with E-state index >= 15 is 0 Å². The van der Waals surface area contributed by atoms with E-state index in [1.54, 1.807) is 0 Å². The van der Waals surface area contributed by atoms with E-state index in [0.29, 0.717) is 4.67 Å². The molecule has 56 valence electrons.